The van der Waals surface area contributed by atoms with E-state index < -0.39 is 57.5 Å². The van der Waals surface area contributed by atoms with Crippen molar-refractivity contribution >= 4 is 19.6 Å². The van der Waals surface area contributed by atoms with E-state index in [9.17, 15) is 27.3 Å². The third kappa shape index (κ3) is 6.10. The van der Waals surface area contributed by atoms with Gasteiger partial charge in [0, 0.05) is 5.56 Å². The molecule has 0 bridgehead atoms. The van der Waals surface area contributed by atoms with Gasteiger partial charge in [0.15, 0.2) is 0 Å². The molecular weight excluding hydrogens is 556 g/mol. The number of nitrogens with zero attached hydrogens (tertiary/aromatic N) is 1. The van der Waals surface area contributed by atoms with Gasteiger partial charge >= 0.3 is 13.9 Å². The lowest BCUT2D eigenvalue weighted by Gasteiger charge is -2.37. The van der Waals surface area contributed by atoms with Crippen molar-refractivity contribution in [3.63, 3.8) is 0 Å². The van der Waals surface area contributed by atoms with Gasteiger partial charge < -0.3 is 5.32 Å². The fourth-order valence-electron chi connectivity index (χ4n) is 5.32. The Bertz CT molecular complexity index is 1470. The highest BCUT2D eigenvalue weighted by Gasteiger charge is 2.51. The second-order valence-electron chi connectivity index (χ2n) is 10.1. The largest absolute Gasteiger partial charge is 0.437 e. The van der Waals surface area contributed by atoms with Gasteiger partial charge in [-0.15, -0.1) is 0 Å². The molecule has 1 aliphatic heterocycles. The van der Waals surface area contributed by atoms with Crippen molar-refractivity contribution < 1.29 is 36.4 Å². The van der Waals surface area contributed by atoms with E-state index in [4.69, 9.17) is 9.05 Å². The molecule has 3 aromatic carbocycles. The predicted molar refractivity (Wildman–Crippen MR) is 147 cm³/mol. The molecule has 5 rings (SSSR count). The van der Waals surface area contributed by atoms with Crippen LogP contribution in [0.1, 0.15) is 52.7 Å². The number of aryl methyl sites for hydroxylation is 1. The lowest BCUT2D eigenvalue weighted by Crippen LogP contribution is -2.47. The highest BCUT2D eigenvalue weighted by Crippen LogP contribution is 2.58. The molecule has 1 atom stereocenters. The summed E-state index contributed by atoms with van der Waals surface area (Å²) in [6.07, 6.45) is -2.50. The second kappa shape index (κ2) is 11.8. The third-order valence-corrected chi connectivity index (χ3v) is 9.10. The maximum Gasteiger partial charge on any atom is 0.437 e. The van der Waals surface area contributed by atoms with E-state index in [0.29, 0.717) is 23.1 Å². The minimum atomic E-state index is -4.87. The summed E-state index contributed by atoms with van der Waals surface area (Å²) in [7, 11) is -4.73. The molecule has 1 saturated heterocycles. The summed E-state index contributed by atoms with van der Waals surface area (Å²) in [5, 5.41) is 2.66. The number of carbonyl (C=O) groups excluding carboxylic acids is 2. The summed E-state index contributed by atoms with van der Waals surface area (Å²) in [5.74, 6) is -2.56. The van der Waals surface area contributed by atoms with Crippen molar-refractivity contribution in [3.8, 4) is 11.1 Å². The van der Waals surface area contributed by atoms with Gasteiger partial charge in [-0.3, -0.25) is 18.6 Å². The zero-order chi connectivity index (χ0) is 29.2. The van der Waals surface area contributed by atoms with Gasteiger partial charge in [0.1, 0.15) is 6.54 Å². The summed E-state index contributed by atoms with van der Waals surface area (Å²) in [5.41, 5.74) is 3.91. The standard InChI is InChI=1S/C30H30F3N2O5P/c1-2-3-10-20-13-9-16-24-23-14-7-8-15-25(23)27(26(20)24)29(37)35(19-30(31,32)33)41(38)39-17-22(18-40-41)34-28(36)21-11-5-4-6-12-21/h4-9,11-16,22,27H,2-3,10,17-19H2,1H3,(H,34,36). The van der Waals surface area contributed by atoms with Crippen LogP contribution in [0.2, 0.25) is 0 Å². The molecule has 2 amide bonds. The predicted octanol–water partition coefficient (Wildman–Crippen LogP) is 6.49. The fraction of sp³-hybridized carbons (Fsp3) is 0.333. The third-order valence-electron chi connectivity index (χ3n) is 7.22. The number of hydrogen-bond donors (Lipinski definition) is 1. The number of hydrogen-bond acceptors (Lipinski definition) is 5. The number of alkyl halides is 3. The Labute approximate surface area is 236 Å². The van der Waals surface area contributed by atoms with Crippen molar-refractivity contribution in [2.24, 2.45) is 0 Å². The molecule has 1 N–H and O–H groups in total. The van der Waals surface area contributed by atoms with Crippen LogP contribution in [0.5, 0.6) is 0 Å². The fourth-order valence-corrected chi connectivity index (χ4v) is 7.10. The summed E-state index contributed by atoms with van der Waals surface area (Å²) >= 11 is 0. The monoisotopic (exact) mass is 586 g/mol. The molecule has 3 aromatic rings. The van der Waals surface area contributed by atoms with E-state index in [0.717, 1.165) is 29.5 Å². The molecule has 0 saturated carbocycles. The molecule has 7 nitrogen and oxygen atoms in total. The van der Waals surface area contributed by atoms with E-state index in [2.05, 4.69) is 5.32 Å². The second-order valence-corrected chi connectivity index (χ2v) is 12.0. The number of nitrogens with one attached hydrogen (secondary N) is 1. The SMILES string of the molecule is CCCCc1cccc2c1C(C(=O)N(CC(F)(F)F)P1(=O)OCC(NC(=O)c3ccccc3)CO1)c1ccccc1-2. The van der Waals surface area contributed by atoms with Crippen LogP contribution < -0.4 is 5.32 Å². The van der Waals surface area contributed by atoms with Crippen LogP contribution in [-0.4, -0.2) is 48.5 Å². The zero-order valence-corrected chi connectivity index (χ0v) is 23.3. The quantitative estimate of drug-likeness (QED) is 0.305. The van der Waals surface area contributed by atoms with E-state index >= 15 is 0 Å². The number of amides is 2. The van der Waals surface area contributed by atoms with E-state index in [1.807, 2.05) is 31.2 Å². The van der Waals surface area contributed by atoms with E-state index in [-0.39, 0.29) is 4.67 Å². The first-order valence-electron chi connectivity index (χ1n) is 13.5. The zero-order valence-electron chi connectivity index (χ0n) is 22.4. The first-order chi connectivity index (χ1) is 19.6. The summed E-state index contributed by atoms with van der Waals surface area (Å²) < 4.78 is 66.5. The molecular formula is C30H30F3N2O5P. The first kappa shape index (κ1) is 29.0. The Balaban J connectivity index is 1.44. The molecule has 2 aliphatic rings. The van der Waals surface area contributed by atoms with Gasteiger partial charge in [0.05, 0.1) is 25.2 Å². The molecule has 11 heteroatoms. The van der Waals surface area contributed by atoms with Gasteiger partial charge in [-0.2, -0.15) is 13.2 Å². The average molecular weight is 587 g/mol. The van der Waals surface area contributed by atoms with Crippen LogP contribution in [0.3, 0.4) is 0 Å². The van der Waals surface area contributed by atoms with Crippen molar-refractivity contribution in [3.05, 3.63) is 95.1 Å². The van der Waals surface area contributed by atoms with Crippen molar-refractivity contribution in [1.29, 1.82) is 0 Å². The molecule has 1 aliphatic carbocycles. The first-order valence-corrected chi connectivity index (χ1v) is 15.0. The number of unbranched alkanes of at least 4 members (excludes halogenated alkanes) is 1. The van der Waals surface area contributed by atoms with E-state index in [1.165, 1.54) is 0 Å². The smallest absolute Gasteiger partial charge is 0.345 e. The van der Waals surface area contributed by atoms with Crippen LogP contribution >= 0.6 is 7.75 Å². The summed E-state index contributed by atoms with van der Waals surface area (Å²) in [6, 6.07) is 20.2. The Morgan fingerprint density at radius 2 is 1.61 bits per heavy atom. The number of carbonyl (C=O) groups is 2. The Kier molecular flexibility index (Phi) is 8.36. The van der Waals surface area contributed by atoms with Crippen LogP contribution in [0.15, 0.2) is 72.8 Å². The lowest BCUT2D eigenvalue weighted by atomic mass is 9.90. The molecule has 216 valence electrons. The average Bonchev–Trinajstić information content (AvgIpc) is 3.31. The molecule has 0 spiro atoms. The molecule has 41 heavy (non-hydrogen) atoms. The van der Waals surface area contributed by atoms with Crippen LogP contribution in [-0.2, 0) is 24.8 Å². The van der Waals surface area contributed by atoms with Crippen LogP contribution in [0.25, 0.3) is 11.1 Å². The Morgan fingerprint density at radius 3 is 2.29 bits per heavy atom. The van der Waals surface area contributed by atoms with Gasteiger partial charge in [0.25, 0.3) is 5.91 Å². The van der Waals surface area contributed by atoms with Gasteiger partial charge in [-0.1, -0.05) is 74.0 Å². The Hall–Kier alpha value is -3.46. The minimum Gasteiger partial charge on any atom is -0.345 e. The van der Waals surface area contributed by atoms with Crippen molar-refractivity contribution in [2.45, 2.75) is 44.3 Å². The maximum absolute atomic E-state index is 14.1. The van der Waals surface area contributed by atoms with Crippen LogP contribution in [0.4, 0.5) is 13.2 Å². The molecule has 1 fully saturated rings. The summed E-state index contributed by atoms with van der Waals surface area (Å²) in [4.78, 5) is 26.7. The van der Waals surface area contributed by atoms with E-state index in [1.54, 1.807) is 48.5 Å². The lowest BCUT2D eigenvalue weighted by molar-refractivity contribution is -0.155. The number of benzene rings is 3. The molecule has 1 heterocycles. The van der Waals surface area contributed by atoms with Crippen LogP contribution in [0, 0.1) is 0 Å². The molecule has 0 radical (unpaired) electrons. The van der Waals surface area contributed by atoms with Gasteiger partial charge in [-0.25, -0.2) is 9.24 Å². The summed E-state index contributed by atoms with van der Waals surface area (Å²) in [6.45, 7) is -0.561. The highest BCUT2D eigenvalue weighted by atomic mass is 31.2. The number of halogens is 3. The normalized spacial score (nSPS) is 21.6. The van der Waals surface area contributed by atoms with Crippen molar-refractivity contribution in [1.82, 2.24) is 9.99 Å². The molecule has 1 unspecified atom stereocenters. The number of rotatable bonds is 8. The minimum absolute atomic E-state index is 0.218. The van der Waals surface area contributed by atoms with Crippen molar-refractivity contribution in [2.75, 3.05) is 19.8 Å². The highest BCUT2D eigenvalue weighted by molar-refractivity contribution is 7.52. The van der Waals surface area contributed by atoms with Gasteiger partial charge in [-0.05, 0) is 52.8 Å². The maximum atomic E-state index is 14.1. The number of fused-ring (bicyclic) bond motifs is 3. The van der Waals surface area contributed by atoms with Gasteiger partial charge in [0.2, 0.25) is 5.91 Å². The Morgan fingerprint density at radius 1 is 0.951 bits per heavy atom. The topological polar surface area (TPSA) is 84.9 Å². The molecule has 0 aromatic heterocycles.